The van der Waals surface area contributed by atoms with E-state index in [1.54, 1.807) is 18.3 Å². The number of hydrogen-bond donors (Lipinski definition) is 1. The largest absolute Gasteiger partial charge is 0.478 e. The smallest absolute Gasteiger partial charge is 0.335 e. The molecule has 1 N–H and O–H groups in total. The second-order valence-corrected chi connectivity index (χ2v) is 7.99. The first-order valence-electron chi connectivity index (χ1n) is 6.65. The molecule has 2 rings (SSSR count). The van der Waals surface area contributed by atoms with Crippen molar-refractivity contribution in [2.45, 2.75) is 18.2 Å². The molecule has 0 spiro atoms. The number of carboxylic acids is 1. The number of rotatable bonds is 6. The topological polar surface area (TPSA) is 74.7 Å². The van der Waals surface area contributed by atoms with Crippen LogP contribution in [0.1, 0.15) is 20.8 Å². The van der Waals surface area contributed by atoms with Crippen LogP contribution in [0.2, 0.25) is 0 Å². The van der Waals surface area contributed by atoms with Gasteiger partial charge in [0.05, 0.1) is 10.5 Å². The quantitative estimate of drug-likeness (QED) is 0.878. The summed E-state index contributed by atoms with van der Waals surface area (Å²) < 4.78 is 26.5. The zero-order valence-corrected chi connectivity index (χ0v) is 13.9. The SMILES string of the molecule is Cc1ccc(C(=O)O)cc1S(=O)(=O)N(C)CCc1cccs1. The van der Waals surface area contributed by atoms with Crippen molar-refractivity contribution in [1.29, 1.82) is 0 Å². The molecule has 0 bridgehead atoms. The van der Waals surface area contributed by atoms with Gasteiger partial charge >= 0.3 is 5.97 Å². The van der Waals surface area contributed by atoms with Crippen LogP contribution in [0.4, 0.5) is 0 Å². The Morgan fingerprint density at radius 1 is 1.32 bits per heavy atom. The van der Waals surface area contributed by atoms with E-state index in [4.69, 9.17) is 5.11 Å². The van der Waals surface area contributed by atoms with Crippen molar-refractivity contribution in [3.8, 4) is 0 Å². The second-order valence-electron chi connectivity index (χ2n) is 4.94. The Balaban J connectivity index is 2.25. The van der Waals surface area contributed by atoms with Gasteiger partial charge in [0, 0.05) is 18.5 Å². The molecular formula is C15H17NO4S2. The second kappa shape index (κ2) is 6.60. The first-order chi connectivity index (χ1) is 10.3. The van der Waals surface area contributed by atoms with Crippen molar-refractivity contribution in [3.63, 3.8) is 0 Å². The van der Waals surface area contributed by atoms with Crippen molar-refractivity contribution < 1.29 is 18.3 Å². The predicted octanol–water partition coefficient (Wildman–Crippen LogP) is 2.62. The molecule has 1 aromatic heterocycles. The van der Waals surface area contributed by atoms with E-state index >= 15 is 0 Å². The predicted molar refractivity (Wildman–Crippen MR) is 86.0 cm³/mol. The maximum absolute atomic E-state index is 12.6. The number of aryl methyl sites for hydroxylation is 1. The Hall–Kier alpha value is -1.70. The van der Waals surface area contributed by atoms with Crippen molar-refractivity contribution in [3.05, 3.63) is 51.7 Å². The Morgan fingerprint density at radius 3 is 2.64 bits per heavy atom. The molecule has 0 aliphatic carbocycles. The zero-order chi connectivity index (χ0) is 16.3. The van der Waals surface area contributed by atoms with Gasteiger partial charge in [-0.3, -0.25) is 0 Å². The number of likely N-dealkylation sites (N-methyl/N-ethyl adjacent to an activating group) is 1. The highest BCUT2D eigenvalue weighted by atomic mass is 32.2. The average molecular weight is 339 g/mol. The van der Waals surface area contributed by atoms with Crippen LogP contribution in [0.15, 0.2) is 40.6 Å². The molecule has 0 aliphatic heterocycles. The van der Waals surface area contributed by atoms with Crippen LogP contribution in [-0.2, 0) is 16.4 Å². The summed E-state index contributed by atoms with van der Waals surface area (Å²) in [6.07, 6.45) is 0.630. The van der Waals surface area contributed by atoms with Gasteiger partial charge in [0.15, 0.2) is 0 Å². The summed E-state index contributed by atoms with van der Waals surface area (Å²) in [5, 5.41) is 11.0. The third-order valence-corrected chi connectivity index (χ3v) is 6.31. The number of thiophene rings is 1. The van der Waals surface area contributed by atoms with E-state index in [9.17, 15) is 13.2 Å². The molecule has 0 saturated carbocycles. The van der Waals surface area contributed by atoms with Gasteiger partial charge in [-0.1, -0.05) is 12.1 Å². The van der Waals surface area contributed by atoms with Gasteiger partial charge in [0.2, 0.25) is 10.0 Å². The molecular weight excluding hydrogens is 322 g/mol. The van der Waals surface area contributed by atoms with Crippen molar-refractivity contribution in [1.82, 2.24) is 4.31 Å². The molecule has 5 nitrogen and oxygen atoms in total. The molecule has 0 unspecified atom stereocenters. The van der Waals surface area contributed by atoms with Gasteiger partial charge in [-0.05, 0) is 42.5 Å². The minimum atomic E-state index is -3.70. The van der Waals surface area contributed by atoms with Crippen LogP contribution in [-0.4, -0.2) is 37.4 Å². The minimum Gasteiger partial charge on any atom is -0.478 e. The first-order valence-corrected chi connectivity index (χ1v) is 8.97. The number of nitrogens with zero attached hydrogens (tertiary/aromatic N) is 1. The number of carbonyl (C=O) groups is 1. The Kier molecular flexibility index (Phi) is 5.00. The van der Waals surface area contributed by atoms with Crippen molar-refractivity contribution in [2.24, 2.45) is 0 Å². The van der Waals surface area contributed by atoms with Crippen LogP contribution in [0.25, 0.3) is 0 Å². The molecule has 2 aromatic rings. The number of carboxylic acid groups (broad SMARTS) is 1. The third kappa shape index (κ3) is 3.55. The monoisotopic (exact) mass is 339 g/mol. The lowest BCUT2D eigenvalue weighted by Gasteiger charge is -2.18. The highest BCUT2D eigenvalue weighted by Gasteiger charge is 2.23. The number of hydrogen-bond acceptors (Lipinski definition) is 4. The maximum Gasteiger partial charge on any atom is 0.335 e. The summed E-state index contributed by atoms with van der Waals surface area (Å²) >= 11 is 1.58. The van der Waals surface area contributed by atoms with E-state index in [0.29, 0.717) is 18.5 Å². The van der Waals surface area contributed by atoms with Crippen LogP contribution in [0.3, 0.4) is 0 Å². The van der Waals surface area contributed by atoms with E-state index in [-0.39, 0.29) is 10.5 Å². The number of sulfonamides is 1. The van der Waals surface area contributed by atoms with E-state index in [0.717, 1.165) is 4.88 Å². The molecule has 7 heteroatoms. The summed E-state index contributed by atoms with van der Waals surface area (Å²) in [5.74, 6) is -1.14. The summed E-state index contributed by atoms with van der Waals surface area (Å²) in [6.45, 7) is 2.01. The van der Waals surface area contributed by atoms with E-state index in [1.165, 1.54) is 29.6 Å². The molecule has 22 heavy (non-hydrogen) atoms. The van der Waals surface area contributed by atoms with Gasteiger partial charge in [-0.15, -0.1) is 11.3 Å². The van der Waals surface area contributed by atoms with Crippen molar-refractivity contribution in [2.75, 3.05) is 13.6 Å². The standard InChI is InChI=1S/C15H17NO4S2/c1-11-5-6-12(15(17)18)10-14(11)22(19,20)16(2)8-7-13-4-3-9-21-13/h3-6,9-10H,7-8H2,1-2H3,(H,17,18). The van der Waals surface area contributed by atoms with E-state index in [1.807, 2.05) is 17.5 Å². The Labute approximate surface area is 133 Å². The molecule has 0 atom stereocenters. The summed E-state index contributed by atoms with van der Waals surface area (Å²) in [6, 6.07) is 8.02. The minimum absolute atomic E-state index is 0.0316. The molecule has 1 aromatic carbocycles. The molecule has 0 saturated heterocycles. The molecule has 0 amide bonds. The molecule has 0 fully saturated rings. The van der Waals surface area contributed by atoms with Gasteiger partial charge in [0.1, 0.15) is 0 Å². The average Bonchev–Trinajstić information content (AvgIpc) is 2.97. The fourth-order valence-corrected chi connectivity index (χ4v) is 4.14. The van der Waals surface area contributed by atoms with Gasteiger partial charge in [0.25, 0.3) is 0 Å². The zero-order valence-electron chi connectivity index (χ0n) is 12.3. The third-order valence-electron chi connectivity index (χ3n) is 3.38. The van der Waals surface area contributed by atoms with Crippen LogP contribution >= 0.6 is 11.3 Å². The summed E-state index contributed by atoms with van der Waals surface area (Å²) in [4.78, 5) is 12.2. The van der Waals surface area contributed by atoms with Crippen molar-refractivity contribution >= 4 is 27.3 Å². The fraction of sp³-hybridized carbons (Fsp3) is 0.267. The summed E-state index contributed by atoms with van der Waals surface area (Å²) in [5.41, 5.74) is 0.504. The van der Waals surface area contributed by atoms with E-state index in [2.05, 4.69) is 0 Å². The molecule has 0 radical (unpaired) electrons. The van der Waals surface area contributed by atoms with Crippen LogP contribution in [0, 0.1) is 6.92 Å². The highest BCUT2D eigenvalue weighted by molar-refractivity contribution is 7.89. The van der Waals surface area contributed by atoms with Gasteiger partial charge in [-0.25, -0.2) is 17.5 Å². The lowest BCUT2D eigenvalue weighted by Crippen LogP contribution is -2.29. The highest BCUT2D eigenvalue weighted by Crippen LogP contribution is 2.21. The molecule has 0 aliphatic rings. The van der Waals surface area contributed by atoms with Gasteiger partial charge in [-0.2, -0.15) is 0 Å². The summed E-state index contributed by atoms with van der Waals surface area (Å²) in [7, 11) is -2.19. The Bertz CT molecular complexity index is 767. The maximum atomic E-state index is 12.6. The number of benzene rings is 1. The van der Waals surface area contributed by atoms with Crippen LogP contribution < -0.4 is 0 Å². The Morgan fingerprint density at radius 2 is 2.05 bits per heavy atom. The number of aromatic carboxylic acids is 1. The van der Waals surface area contributed by atoms with Crippen LogP contribution in [0.5, 0.6) is 0 Å². The van der Waals surface area contributed by atoms with E-state index < -0.39 is 16.0 Å². The molecule has 118 valence electrons. The lowest BCUT2D eigenvalue weighted by atomic mass is 10.1. The van der Waals surface area contributed by atoms with Gasteiger partial charge < -0.3 is 5.11 Å². The normalized spacial score (nSPS) is 11.8. The first kappa shape index (κ1) is 16.7. The fourth-order valence-electron chi connectivity index (χ4n) is 2.02. The lowest BCUT2D eigenvalue weighted by molar-refractivity contribution is 0.0696. The molecule has 1 heterocycles.